The summed E-state index contributed by atoms with van der Waals surface area (Å²) in [5, 5.41) is 3.12. The van der Waals surface area contributed by atoms with Crippen LogP contribution in [0.4, 0.5) is 0 Å². The Bertz CT molecular complexity index is 1660. The quantitative estimate of drug-likeness (QED) is 0.229. The molecule has 42 heavy (non-hydrogen) atoms. The highest BCUT2D eigenvalue weighted by Gasteiger charge is 2.30. The first-order valence-corrected chi connectivity index (χ1v) is 19.5. The maximum atomic E-state index is 2.57. The van der Waals surface area contributed by atoms with Crippen LogP contribution in [0.5, 0.6) is 0 Å². The van der Waals surface area contributed by atoms with Crippen LogP contribution in [-0.2, 0) is 6.54 Å². The molecule has 0 bridgehead atoms. The number of nitrogens with zero attached hydrogens (tertiary/aromatic N) is 1. The summed E-state index contributed by atoms with van der Waals surface area (Å²) in [4.78, 5) is 5.96. The van der Waals surface area contributed by atoms with Crippen molar-refractivity contribution >= 4 is 62.9 Å². The van der Waals surface area contributed by atoms with Gasteiger partial charge in [-0.3, -0.25) is 0 Å². The highest BCUT2D eigenvalue weighted by atomic mass is 32.2. The highest BCUT2D eigenvalue weighted by Crippen LogP contribution is 2.53. The molecule has 3 aromatic rings. The average Bonchev–Trinajstić information content (AvgIpc) is 3.93. The number of thioether (sulfide) groups is 3. The minimum absolute atomic E-state index is 0.555. The summed E-state index contributed by atoms with van der Waals surface area (Å²) in [6.07, 6.45) is 21.9. The Balaban J connectivity index is 1.06. The van der Waals surface area contributed by atoms with Crippen LogP contribution < -0.4 is 4.57 Å². The summed E-state index contributed by atoms with van der Waals surface area (Å²) in [6.45, 7) is 5.68. The van der Waals surface area contributed by atoms with E-state index in [2.05, 4.69) is 103 Å². The summed E-state index contributed by atoms with van der Waals surface area (Å²) in [7, 11) is 0. The maximum absolute atomic E-state index is 2.57. The molecular weight excluding hydrogens is 587 g/mol. The Morgan fingerprint density at radius 2 is 1.62 bits per heavy atom. The number of fused-ring (bicyclic) bond motifs is 3. The lowest BCUT2D eigenvalue weighted by atomic mass is 9.77. The van der Waals surface area contributed by atoms with Crippen LogP contribution in [0.1, 0.15) is 88.1 Å². The van der Waals surface area contributed by atoms with Gasteiger partial charge in [-0.2, -0.15) is 4.57 Å². The molecule has 1 aromatic heterocycles. The van der Waals surface area contributed by atoms with Crippen molar-refractivity contribution in [2.24, 2.45) is 5.92 Å². The largest absolute Gasteiger partial charge is 0.263 e. The Morgan fingerprint density at radius 3 is 2.38 bits per heavy atom. The second-order valence-electron chi connectivity index (χ2n) is 12.6. The Hall–Kier alpha value is -1.66. The molecule has 0 saturated heterocycles. The number of allylic oxidation sites excluding steroid dienone is 7. The molecule has 2 unspecified atom stereocenters. The van der Waals surface area contributed by atoms with Crippen LogP contribution in [0.15, 0.2) is 90.9 Å². The molecule has 0 spiro atoms. The van der Waals surface area contributed by atoms with Crippen LogP contribution in [-0.4, -0.2) is 10.5 Å². The summed E-state index contributed by atoms with van der Waals surface area (Å²) >= 11 is 8.15. The molecule has 0 radical (unpaired) electrons. The molecule has 2 heterocycles. The molecule has 4 aliphatic carbocycles. The van der Waals surface area contributed by atoms with Gasteiger partial charge in [0, 0.05) is 43.2 Å². The Labute approximate surface area is 268 Å². The first kappa shape index (κ1) is 27.9. The van der Waals surface area contributed by atoms with Crippen LogP contribution in [0.2, 0.25) is 0 Å². The number of thiazole rings is 1. The van der Waals surface area contributed by atoms with Gasteiger partial charge in [0.1, 0.15) is 11.2 Å². The van der Waals surface area contributed by atoms with E-state index in [-0.39, 0.29) is 0 Å². The third-order valence-corrected chi connectivity index (χ3v) is 14.4. The molecule has 2 fully saturated rings. The third kappa shape index (κ3) is 5.76. The molecule has 8 rings (SSSR count). The van der Waals surface area contributed by atoms with E-state index >= 15 is 0 Å². The van der Waals surface area contributed by atoms with Gasteiger partial charge in [0.05, 0.1) is 0 Å². The molecule has 2 aromatic carbocycles. The number of aromatic nitrogens is 1. The monoisotopic (exact) mass is 626 g/mol. The number of rotatable bonds is 8. The normalized spacial score (nSPS) is 25.6. The molecule has 1 aliphatic heterocycles. The lowest BCUT2D eigenvalue weighted by molar-refractivity contribution is -0.665. The first-order chi connectivity index (χ1) is 20.6. The fraction of sp³-hybridized carbons (Fsp3) is 0.432. The van der Waals surface area contributed by atoms with E-state index in [4.69, 9.17) is 0 Å². The van der Waals surface area contributed by atoms with E-state index in [0.717, 1.165) is 23.0 Å². The van der Waals surface area contributed by atoms with Gasteiger partial charge in [0.25, 0.3) is 5.01 Å². The summed E-state index contributed by atoms with van der Waals surface area (Å²) in [5.41, 5.74) is 7.58. The molecule has 216 valence electrons. The van der Waals surface area contributed by atoms with Crippen molar-refractivity contribution in [3.63, 3.8) is 0 Å². The molecule has 0 amide bonds. The minimum atomic E-state index is 0.555. The van der Waals surface area contributed by atoms with E-state index in [9.17, 15) is 0 Å². The van der Waals surface area contributed by atoms with Crippen LogP contribution >= 0.6 is 46.6 Å². The van der Waals surface area contributed by atoms with Gasteiger partial charge in [-0.15, -0.1) is 23.5 Å². The smallest absolute Gasteiger partial charge is 0.182 e. The molecule has 5 heteroatoms. The van der Waals surface area contributed by atoms with Crippen LogP contribution in [0, 0.1) is 5.92 Å². The zero-order chi connectivity index (χ0) is 28.2. The standard InChI is InChI=1S/C37H40NS4/c1-3-31-32-21-29(39-27-9-10-27)13-15-34(32)41-36(31)19-23-5-7-25-8-6-24(18-26(25)17-23)20-37-38(4-2)33-22-30(40-28-11-12-28)14-16-35(33)42-37/h13-22,25,27-28,31H,3-12H2,1-2H3/q+1. The summed E-state index contributed by atoms with van der Waals surface area (Å²) in [6, 6.07) is 14.4. The van der Waals surface area contributed by atoms with Gasteiger partial charge in [-0.05, 0) is 134 Å². The Morgan fingerprint density at radius 1 is 0.857 bits per heavy atom. The zero-order valence-corrected chi connectivity index (χ0v) is 28.0. The van der Waals surface area contributed by atoms with Crippen molar-refractivity contribution in [3.05, 3.63) is 86.8 Å². The molecule has 2 atom stereocenters. The van der Waals surface area contributed by atoms with Gasteiger partial charge in [-0.1, -0.05) is 42.2 Å². The van der Waals surface area contributed by atoms with Crippen molar-refractivity contribution < 1.29 is 4.57 Å². The Kier molecular flexibility index (Phi) is 7.75. The van der Waals surface area contributed by atoms with E-state index < -0.39 is 0 Å². The van der Waals surface area contributed by atoms with Crippen molar-refractivity contribution in [3.8, 4) is 0 Å². The lowest BCUT2D eigenvalue weighted by Gasteiger charge is -2.28. The van der Waals surface area contributed by atoms with E-state index in [1.807, 2.05) is 23.1 Å². The lowest BCUT2D eigenvalue weighted by Crippen LogP contribution is -2.33. The second-order valence-corrected chi connectivity index (χ2v) is 17.5. The minimum Gasteiger partial charge on any atom is -0.182 e. The molecule has 0 N–H and O–H groups in total. The van der Waals surface area contributed by atoms with E-state index in [0.29, 0.717) is 5.92 Å². The second kappa shape index (κ2) is 11.7. The van der Waals surface area contributed by atoms with Gasteiger partial charge in [-0.25, -0.2) is 0 Å². The van der Waals surface area contributed by atoms with Crippen molar-refractivity contribution in [2.45, 2.75) is 109 Å². The number of benzene rings is 2. The first-order valence-electron chi connectivity index (χ1n) is 16.1. The topological polar surface area (TPSA) is 3.88 Å². The van der Waals surface area contributed by atoms with Crippen molar-refractivity contribution in [2.75, 3.05) is 0 Å². The third-order valence-electron chi connectivity index (χ3n) is 9.38. The maximum Gasteiger partial charge on any atom is 0.263 e. The van der Waals surface area contributed by atoms with Crippen LogP contribution in [0.25, 0.3) is 16.3 Å². The number of hydrogen-bond donors (Lipinski definition) is 0. The SMILES string of the molecule is CCC1C(=CC2=CC3=CC(=Cc4sc5ccc(SC6CC6)cc5[n+]4CC)CCC3CC2)Sc2ccc(SC3CC3)cc21. The molecule has 2 saturated carbocycles. The van der Waals surface area contributed by atoms with Crippen molar-refractivity contribution in [1.29, 1.82) is 0 Å². The predicted molar refractivity (Wildman–Crippen MR) is 185 cm³/mol. The average molecular weight is 627 g/mol. The van der Waals surface area contributed by atoms with Gasteiger partial charge in [0.2, 0.25) is 5.52 Å². The van der Waals surface area contributed by atoms with Gasteiger partial charge >= 0.3 is 0 Å². The fourth-order valence-corrected chi connectivity index (χ4v) is 11.5. The molecule has 5 aliphatic rings. The summed E-state index contributed by atoms with van der Waals surface area (Å²) < 4.78 is 3.95. The molecule has 1 nitrogen and oxygen atoms in total. The zero-order valence-electron chi connectivity index (χ0n) is 24.7. The van der Waals surface area contributed by atoms with Gasteiger partial charge in [0.15, 0.2) is 0 Å². The van der Waals surface area contributed by atoms with E-state index in [1.165, 1.54) is 98.8 Å². The highest BCUT2D eigenvalue weighted by molar-refractivity contribution is 8.03. The van der Waals surface area contributed by atoms with E-state index in [1.54, 1.807) is 16.0 Å². The van der Waals surface area contributed by atoms with Crippen LogP contribution in [0.3, 0.4) is 0 Å². The number of aryl methyl sites for hydroxylation is 1. The molecular formula is C37H40NS4+. The van der Waals surface area contributed by atoms with Gasteiger partial charge < -0.3 is 0 Å². The predicted octanol–water partition coefficient (Wildman–Crippen LogP) is 11.3. The fourth-order valence-electron chi connectivity index (χ4n) is 6.79. The summed E-state index contributed by atoms with van der Waals surface area (Å²) in [5.74, 6) is 1.28. The number of hydrogen-bond acceptors (Lipinski definition) is 4. The van der Waals surface area contributed by atoms with Crippen molar-refractivity contribution in [1.82, 2.24) is 0 Å².